The van der Waals surface area contributed by atoms with Gasteiger partial charge in [-0.25, -0.2) is 0 Å². The first-order valence-electron chi connectivity index (χ1n) is 6.39. The van der Waals surface area contributed by atoms with E-state index in [0.29, 0.717) is 32.3 Å². The molecule has 0 saturated carbocycles. The fraction of sp³-hybridized carbons (Fsp3) is 0.500. The maximum atomic E-state index is 5.73. The lowest BCUT2D eigenvalue weighted by Gasteiger charge is -2.13. The standard InChI is InChI=1S/C14H23N3O2.HI/c1-12(10-18-2)17-14(15)16-8-9-19-11-13-6-4-3-5-7-13;/h3-7,12H,8-11H2,1-2H3,(H3,15,16,17);1H. The lowest BCUT2D eigenvalue weighted by Crippen LogP contribution is -2.40. The third kappa shape index (κ3) is 9.11. The topological polar surface area (TPSA) is 68.9 Å². The molecular weight excluding hydrogens is 369 g/mol. The van der Waals surface area contributed by atoms with Gasteiger partial charge in [0.25, 0.3) is 0 Å². The second-order valence-electron chi connectivity index (χ2n) is 4.31. The summed E-state index contributed by atoms with van der Waals surface area (Å²) in [7, 11) is 1.66. The molecule has 0 aliphatic carbocycles. The van der Waals surface area contributed by atoms with Gasteiger partial charge >= 0.3 is 0 Å². The highest BCUT2D eigenvalue weighted by Crippen LogP contribution is 1.99. The van der Waals surface area contributed by atoms with Gasteiger partial charge in [-0.2, -0.15) is 0 Å². The minimum absolute atomic E-state index is 0. The summed E-state index contributed by atoms with van der Waals surface area (Å²) in [4.78, 5) is 4.18. The van der Waals surface area contributed by atoms with E-state index in [4.69, 9.17) is 15.2 Å². The molecule has 0 radical (unpaired) electrons. The Labute approximate surface area is 138 Å². The first kappa shape index (κ1) is 19.1. The molecule has 5 nitrogen and oxygen atoms in total. The normalized spacial score (nSPS) is 12.6. The molecule has 1 unspecified atom stereocenters. The fourth-order valence-corrected chi connectivity index (χ4v) is 1.58. The molecule has 0 amide bonds. The van der Waals surface area contributed by atoms with Crippen molar-refractivity contribution in [1.29, 1.82) is 0 Å². The highest BCUT2D eigenvalue weighted by molar-refractivity contribution is 14.0. The Balaban J connectivity index is 0.00000361. The number of aliphatic imine (C=N–C) groups is 1. The number of nitrogens with one attached hydrogen (secondary N) is 1. The van der Waals surface area contributed by atoms with E-state index in [1.165, 1.54) is 0 Å². The van der Waals surface area contributed by atoms with Gasteiger partial charge in [0.05, 0.1) is 26.4 Å². The Hall–Kier alpha value is -0.860. The zero-order valence-electron chi connectivity index (χ0n) is 12.0. The van der Waals surface area contributed by atoms with E-state index in [1.54, 1.807) is 7.11 Å². The van der Waals surface area contributed by atoms with Crippen LogP contribution in [0.5, 0.6) is 0 Å². The van der Waals surface area contributed by atoms with E-state index in [0.717, 1.165) is 5.56 Å². The summed E-state index contributed by atoms with van der Waals surface area (Å²) < 4.78 is 10.5. The van der Waals surface area contributed by atoms with Gasteiger partial charge in [-0.05, 0) is 12.5 Å². The van der Waals surface area contributed by atoms with Crippen LogP contribution in [-0.4, -0.2) is 38.9 Å². The second kappa shape index (κ2) is 11.9. The summed E-state index contributed by atoms with van der Waals surface area (Å²) in [5, 5.41) is 3.04. The number of nitrogens with zero attached hydrogens (tertiary/aromatic N) is 1. The minimum atomic E-state index is 0. The average Bonchev–Trinajstić information content (AvgIpc) is 2.39. The van der Waals surface area contributed by atoms with Crippen molar-refractivity contribution >= 4 is 29.9 Å². The molecule has 0 aliphatic rings. The van der Waals surface area contributed by atoms with Crippen molar-refractivity contribution < 1.29 is 9.47 Å². The van der Waals surface area contributed by atoms with Crippen LogP contribution in [0.1, 0.15) is 12.5 Å². The van der Waals surface area contributed by atoms with Crippen LogP contribution in [0.15, 0.2) is 35.3 Å². The fourth-order valence-electron chi connectivity index (χ4n) is 1.58. The molecule has 3 N–H and O–H groups in total. The Kier molecular flexibility index (Phi) is 11.4. The molecule has 0 spiro atoms. The first-order chi connectivity index (χ1) is 9.22. The SMILES string of the molecule is COCC(C)NC(N)=NCCOCc1ccccc1.I. The molecular formula is C14H24IN3O2. The van der Waals surface area contributed by atoms with Gasteiger partial charge in [0.15, 0.2) is 5.96 Å². The van der Waals surface area contributed by atoms with Crippen molar-refractivity contribution in [1.82, 2.24) is 5.32 Å². The molecule has 0 aromatic heterocycles. The van der Waals surface area contributed by atoms with Gasteiger partial charge in [-0.15, -0.1) is 24.0 Å². The van der Waals surface area contributed by atoms with E-state index in [-0.39, 0.29) is 30.0 Å². The first-order valence-corrected chi connectivity index (χ1v) is 6.39. The molecule has 114 valence electrons. The third-order valence-corrected chi connectivity index (χ3v) is 2.44. The molecule has 0 bridgehead atoms. The molecule has 20 heavy (non-hydrogen) atoms. The number of guanidine groups is 1. The summed E-state index contributed by atoms with van der Waals surface area (Å²) in [5.41, 5.74) is 6.88. The van der Waals surface area contributed by atoms with Crippen molar-refractivity contribution in [3.05, 3.63) is 35.9 Å². The summed E-state index contributed by atoms with van der Waals surface area (Å²) >= 11 is 0. The van der Waals surface area contributed by atoms with Gasteiger partial charge in [0.1, 0.15) is 0 Å². The number of nitrogens with two attached hydrogens (primary N) is 1. The van der Waals surface area contributed by atoms with Crippen molar-refractivity contribution in [2.75, 3.05) is 26.9 Å². The van der Waals surface area contributed by atoms with Gasteiger partial charge in [0.2, 0.25) is 0 Å². The zero-order chi connectivity index (χ0) is 13.9. The summed E-state index contributed by atoms with van der Waals surface area (Å²) in [6.07, 6.45) is 0. The van der Waals surface area contributed by atoms with Crippen LogP contribution in [0.25, 0.3) is 0 Å². The monoisotopic (exact) mass is 393 g/mol. The Bertz CT molecular complexity index is 374. The average molecular weight is 393 g/mol. The third-order valence-electron chi connectivity index (χ3n) is 2.44. The van der Waals surface area contributed by atoms with Gasteiger partial charge in [0, 0.05) is 13.2 Å². The number of ether oxygens (including phenoxy) is 2. The summed E-state index contributed by atoms with van der Waals surface area (Å²) in [6.45, 7) is 4.28. The van der Waals surface area contributed by atoms with Crippen LogP contribution in [0.4, 0.5) is 0 Å². The number of benzene rings is 1. The van der Waals surface area contributed by atoms with Crippen molar-refractivity contribution in [2.45, 2.75) is 19.6 Å². The van der Waals surface area contributed by atoms with Crippen LogP contribution in [0, 0.1) is 0 Å². The predicted molar refractivity (Wildman–Crippen MR) is 92.5 cm³/mol. The Morgan fingerprint density at radius 2 is 2.05 bits per heavy atom. The van der Waals surface area contributed by atoms with Gasteiger partial charge in [-0.3, -0.25) is 4.99 Å². The second-order valence-corrected chi connectivity index (χ2v) is 4.31. The molecule has 0 heterocycles. The maximum absolute atomic E-state index is 5.73. The highest BCUT2D eigenvalue weighted by Gasteiger charge is 2.00. The number of rotatable bonds is 8. The largest absolute Gasteiger partial charge is 0.383 e. The van der Waals surface area contributed by atoms with E-state index < -0.39 is 0 Å². The van der Waals surface area contributed by atoms with Crippen LogP contribution in [-0.2, 0) is 16.1 Å². The molecule has 1 atom stereocenters. The van der Waals surface area contributed by atoms with Gasteiger partial charge in [-0.1, -0.05) is 30.3 Å². The van der Waals surface area contributed by atoms with Gasteiger partial charge < -0.3 is 20.5 Å². The molecule has 1 aromatic carbocycles. The number of hydrogen-bond donors (Lipinski definition) is 2. The van der Waals surface area contributed by atoms with Crippen LogP contribution >= 0.6 is 24.0 Å². The van der Waals surface area contributed by atoms with Crippen molar-refractivity contribution in [3.63, 3.8) is 0 Å². The van der Waals surface area contributed by atoms with Crippen LogP contribution in [0.2, 0.25) is 0 Å². The molecule has 0 saturated heterocycles. The van der Waals surface area contributed by atoms with E-state index in [2.05, 4.69) is 10.3 Å². The zero-order valence-corrected chi connectivity index (χ0v) is 14.4. The van der Waals surface area contributed by atoms with E-state index >= 15 is 0 Å². The molecule has 0 fully saturated rings. The molecule has 1 aromatic rings. The predicted octanol–water partition coefficient (Wildman–Crippen LogP) is 1.76. The number of methoxy groups -OCH3 is 1. The lowest BCUT2D eigenvalue weighted by molar-refractivity contribution is 0.128. The minimum Gasteiger partial charge on any atom is -0.383 e. The van der Waals surface area contributed by atoms with Crippen LogP contribution in [0.3, 0.4) is 0 Å². The van der Waals surface area contributed by atoms with Crippen molar-refractivity contribution in [3.8, 4) is 0 Å². The Morgan fingerprint density at radius 3 is 2.70 bits per heavy atom. The smallest absolute Gasteiger partial charge is 0.188 e. The number of hydrogen-bond acceptors (Lipinski definition) is 3. The highest BCUT2D eigenvalue weighted by atomic mass is 127. The lowest BCUT2D eigenvalue weighted by atomic mass is 10.2. The molecule has 1 rings (SSSR count). The number of halogens is 1. The maximum Gasteiger partial charge on any atom is 0.188 e. The van der Waals surface area contributed by atoms with Crippen molar-refractivity contribution in [2.24, 2.45) is 10.7 Å². The molecule has 6 heteroatoms. The quantitative estimate of drug-likeness (QED) is 0.306. The summed E-state index contributed by atoms with van der Waals surface area (Å²) in [5.74, 6) is 0.424. The van der Waals surface area contributed by atoms with Crippen LogP contribution < -0.4 is 11.1 Å². The summed E-state index contributed by atoms with van der Waals surface area (Å²) in [6, 6.07) is 10.2. The van der Waals surface area contributed by atoms with E-state index in [9.17, 15) is 0 Å². The Morgan fingerprint density at radius 1 is 1.35 bits per heavy atom. The molecule has 0 aliphatic heterocycles. The van der Waals surface area contributed by atoms with E-state index in [1.807, 2.05) is 37.3 Å².